The van der Waals surface area contributed by atoms with Crippen LogP contribution in [0.3, 0.4) is 0 Å². The Morgan fingerprint density at radius 2 is 1.26 bits per heavy atom. The van der Waals surface area contributed by atoms with Crippen LogP contribution in [0.4, 0.5) is 0 Å². The van der Waals surface area contributed by atoms with Crippen LogP contribution in [-0.2, 0) is 11.4 Å². The second-order valence-electron chi connectivity index (χ2n) is 10.0. The average Bonchev–Trinajstić information content (AvgIpc) is 2.99. The number of carboxylic acid groups (broad SMARTS) is 1. The Hall–Kier alpha value is -4.86. The summed E-state index contributed by atoms with van der Waals surface area (Å²) >= 11 is 0. The summed E-state index contributed by atoms with van der Waals surface area (Å²) in [5.41, 5.74) is 0.816. The maximum absolute atomic E-state index is 12.1. The predicted octanol–water partition coefficient (Wildman–Crippen LogP) is 5.95. The molecule has 0 heterocycles. The number of fused-ring (bicyclic) bond motifs is 2. The average molecular weight is 578 g/mol. The van der Waals surface area contributed by atoms with E-state index in [4.69, 9.17) is 14.6 Å². The molecular formula is C32H35NO9. The Balaban J connectivity index is 1.66. The van der Waals surface area contributed by atoms with Gasteiger partial charge in [0.15, 0.2) is 11.5 Å². The zero-order valence-corrected chi connectivity index (χ0v) is 23.4. The van der Waals surface area contributed by atoms with Gasteiger partial charge in [-0.2, -0.15) is 0 Å². The van der Waals surface area contributed by atoms with Gasteiger partial charge in [0.1, 0.15) is 24.7 Å². The first kappa shape index (κ1) is 30.1. The van der Waals surface area contributed by atoms with E-state index in [0.717, 1.165) is 32.1 Å². The van der Waals surface area contributed by atoms with E-state index < -0.39 is 29.9 Å². The predicted molar refractivity (Wildman–Crippen MR) is 158 cm³/mol. The number of rotatable bonds is 14. The molecule has 10 nitrogen and oxygen atoms in total. The van der Waals surface area contributed by atoms with Gasteiger partial charge in [-0.05, 0) is 24.1 Å². The van der Waals surface area contributed by atoms with Gasteiger partial charge in [-0.15, -0.1) is 0 Å². The van der Waals surface area contributed by atoms with Crippen molar-refractivity contribution in [3.8, 4) is 34.5 Å². The van der Waals surface area contributed by atoms with Crippen molar-refractivity contribution >= 4 is 33.4 Å². The number of phenols is 4. The van der Waals surface area contributed by atoms with E-state index in [2.05, 4.69) is 12.2 Å². The highest BCUT2D eigenvalue weighted by atomic mass is 16.5. The lowest BCUT2D eigenvalue weighted by Crippen LogP contribution is -2.29. The van der Waals surface area contributed by atoms with Gasteiger partial charge >= 0.3 is 5.97 Å². The van der Waals surface area contributed by atoms with Gasteiger partial charge < -0.3 is 40.3 Å². The molecule has 0 bridgehead atoms. The summed E-state index contributed by atoms with van der Waals surface area (Å²) in [5, 5.41) is 56.2. The third-order valence-electron chi connectivity index (χ3n) is 7.01. The van der Waals surface area contributed by atoms with Crippen LogP contribution in [0.25, 0.3) is 21.5 Å². The number of benzene rings is 4. The van der Waals surface area contributed by atoms with Gasteiger partial charge in [-0.1, -0.05) is 75.4 Å². The minimum Gasteiger partial charge on any atom is -0.506 e. The van der Waals surface area contributed by atoms with E-state index in [9.17, 15) is 30.0 Å². The number of aliphatic carboxylic acids is 1. The molecule has 4 rings (SSSR count). The number of unbranched alkanes of at least 4 members (excludes halogenated alkanes) is 5. The molecule has 0 unspecified atom stereocenters. The van der Waals surface area contributed by atoms with Gasteiger partial charge in [-0.25, -0.2) is 0 Å². The summed E-state index contributed by atoms with van der Waals surface area (Å²) in [7, 11) is 0. The van der Waals surface area contributed by atoms with Crippen molar-refractivity contribution in [2.45, 2.75) is 52.1 Å². The molecule has 0 aliphatic carbocycles. The SMILES string of the molecule is CCCCCCCCOc1c(O)c(O)c(OCc2ccc(C(=O)NCC(=O)O)cc2)c2c(O)c3ccccc3c(O)c12. The number of aromatic hydroxyl groups is 4. The lowest BCUT2D eigenvalue weighted by Gasteiger charge is -2.20. The Morgan fingerprint density at radius 3 is 1.83 bits per heavy atom. The van der Waals surface area contributed by atoms with Gasteiger partial charge in [0.2, 0.25) is 11.5 Å². The summed E-state index contributed by atoms with van der Waals surface area (Å²) < 4.78 is 11.8. The highest BCUT2D eigenvalue weighted by molar-refractivity contribution is 6.16. The minimum absolute atomic E-state index is 0.00734. The van der Waals surface area contributed by atoms with Gasteiger partial charge in [0.05, 0.1) is 17.4 Å². The third-order valence-corrected chi connectivity index (χ3v) is 7.01. The van der Waals surface area contributed by atoms with E-state index in [-0.39, 0.29) is 52.5 Å². The zero-order chi connectivity index (χ0) is 30.2. The van der Waals surface area contributed by atoms with Crippen molar-refractivity contribution in [2.24, 2.45) is 0 Å². The molecule has 0 aliphatic rings. The Bertz CT molecular complexity index is 1580. The summed E-state index contributed by atoms with van der Waals surface area (Å²) in [6, 6.07) is 12.8. The Kier molecular flexibility index (Phi) is 9.80. The molecule has 4 aromatic carbocycles. The molecule has 0 spiro atoms. The number of carboxylic acids is 1. The largest absolute Gasteiger partial charge is 0.506 e. The summed E-state index contributed by atoms with van der Waals surface area (Å²) in [5.74, 6) is -3.91. The molecule has 42 heavy (non-hydrogen) atoms. The zero-order valence-electron chi connectivity index (χ0n) is 23.4. The number of carbonyl (C=O) groups is 2. The number of ether oxygens (including phenoxy) is 2. The van der Waals surface area contributed by atoms with E-state index in [1.165, 1.54) is 12.1 Å². The van der Waals surface area contributed by atoms with Gasteiger partial charge in [0.25, 0.3) is 5.91 Å². The maximum atomic E-state index is 12.1. The van der Waals surface area contributed by atoms with E-state index >= 15 is 0 Å². The fourth-order valence-corrected chi connectivity index (χ4v) is 4.80. The fourth-order valence-electron chi connectivity index (χ4n) is 4.80. The molecule has 0 radical (unpaired) electrons. The molecule has 0 saturated heterocycles. The van der Waals surface area contributed by atoms with Crippen LogP contribution in [0, 0.1) is 0 Å². The van der Waals surface area contributed by atoms with Crippen molar-refractivity contribution in [3.63, 3.8) is 0 Å². The van der Waals surface area contributed by atoms with Crippen molar-refractivity contribution < 1.29 is 44.6 Å². The van der Waals surface area contributed by atoms with E-state index in [0.29, 0.717) is 22.8 Å². The number of hydrogen-bond acceptors (Lipinski definition) is 8. The topological polar surface area (TPSA) is 166 Å². The van der Waals surface area contributed by atoms with Gasteiger partial charge in [-0.3, -0.25) is 9.59 Å². The molecule has 0 aliphatic heterocycles. The molecule has 0 atom stereocenters. The van der Waals surface area contributed by atoms with Gasteiger partial charge in [0, 0.05) is 16.3 Å². The molecule has 0 fully saturated rings. The normalized spacial score (nSPS) is 11.1. The standard InChI is InChI=1S/C32H35NO9/c1-2-3-4-5-6-9-16-41-30-24-25(27(37)22-11-8-7-10-21(22)26(24)36)31(29(39)28(30)38)42-18-19-12-14-20(15-13-19)32(40)33-17-23(34)35/h7-8,10-15,36-39H,2-6,9,16-18H2,1H3,(H,33,40)(H,34,35). The van der Waals surface area contributed by atoms with Crippen LogP contribution in [0.2, 0.25) is 0 Å². The number of hydrogen-bond donors (Lipinski definition) is 6. The second kappa shape index (κ2) is 13.7. The lowest BCUT2D eigenvalue weighted by atomic mass is 9.98. The number of phenolic OH excluding ortho intramolecular Hbond substituents is 4. The van der Waals surface area contributed by atoms with Crippen LogP contribution in [0.15, 0.2) is 48.5 Å². The number of amides is 1. The Morgan fingerprint density at radius 1 is 0.714 bits per heavy atom. The first-order chi connectivity index (χ1) is 20.2. The summed E-state index contributed by atoms with van der Waals surface area (Å²) in [4.78, 5) is 22.8. The van der Waals surface area contributed by atoms with Crippen LogP contribution in [-0.4, -0.2) is 50.6 Å². The van der Waals surface area contributed by atoms with Crippen molar-refractivity contribution in [1.29, 1.82) is 0 Å². The fraction of sp³-hybridized carbons (Fsp3) is 0.312. The monoisotopic (exact) mass is 577 g/mol. The minimum atomic E-state index is -1.16. The summed E-state index contributed by atoms with van der Waals surface area (Å²) in [6.07, 6.45) is 6.09. The van der Waals surface area contributed by atoms with Crippen molar-refractivity contribution in [1.82, 2.24) is 5.32 Å². The van der Waals surface area contributed by atoms with Crippen LogP contribution < -0.4 is 14.8 Å². The number of nitrogens with one attached hydrogen (secondary N) is 1. The quantitative estimate of drug-likeness (QED) is 0.0460. The molecule has 222 valence electrons. The van der Waals surface area contributed by atoms with Crippen LogP contribution in [0.5, 0.6) is 34.5 Å². The molecular weight excluding hydrogens is 542 g/mol. The first-order valence-electron chi connectivity index (χ1n) is 13.9. The first-order valence-corrected chi connectivity index (χ1v) is 13.9. The smallest absolute Gasteiger partial charge is 0.322 e. The molecule has 1 amide bonds. The molecule has 0 aromatic heterocycles. The maximum Gasteiger partial charge on any atom is 0.322 e. The van der Waals surface area contributed by atoms with E-state index in [1.54, 1.807) is 36.4 Å². The highest BCUT2D eigenvalue weighted by Crippen LogP contribution is 2.57. The van der Waals surface area contributed by atoms with Crippen LogP contribution in [0.1, 0.15) is 61.4 Å². The second-order valence-corrected chi connectivity index (χ2v) is 10.0. The van der Waals surface area contributed by atoms with Crippen LogP contribution >= 0.6 is 0 Å². The molecule has 0 saturated carbocycles. The van der Waals surface area contributed by atoms with Crippen molar-refractivity contribution in [3.05, 3.63) is 59.7 Å². The summed E-state index contributed by atoms with van der Waals surface area (Å²) in [6.45, 7) is 1.73. The number of carbonyl (C=O) groups excluding carboxylic acids is 1. The third kappa shape index (κ3) is 6.54. The Labute approximate surface area is 242 Å². The molecule has 6 N–H and O–H groups in total. The molecule has 4 aromatic rings. The lowest BCUT2D eigenvalue weighted by molar-refractivity contribution is -0.135. The molecule has 10 heteroatoms. The van der Waals surface area contributed by atoms with Crippen molar-refractivity contribution in [2.75, 3.05) is 13.2 Å². The highest BCUT2D eigenvalue weighted by Gasteiger charge is 2.28. The van der Waals surface area contributed by atoms with E-state index in [1.807, 2.05) is 0 Å².